The number of aliphatic hydroxyl groups excluding tert-OH is 1. The molecule has 0 saturated heterocycles. The summed E-state index contributed by atoms with van der Waals surface area (Å²) in [6, 6.07) is 6.10. The maximum Gasteiger partial charge on any atom is 0.0681 e. The fraction of sp³-hybridized carbons (Fsp3) is 0.500. The van der Waals surface area contributed by atoms with Gasteiger partial charge in [0.15, 0.2) is 0 Å². The molecule has 0 aliphatic rings. The topological polar surface area (TPSA) is 29.5 Å². The largest absolute Gasteiger partial charge is 0.392 e. The molecule has 1 rings (SSSR count). The first-order valence-corrected chi connectivity index (χ1v) is 6.08. The summed E-state index contributed by atoms with van der Waals surface area (Å²) in [6.45, 7) is 3.02. The van der Waals surface area contributed by atoms with Gasteiger partial charge in [0, 0.05) is 24.4 Å². The normalized spacial score (nSPS) is 10.6. The highest BCUT2D eigenvalue weighted by Gasteiger charge is 2.00. The molecular weight excluding hydrogens is 208 g/mol. The Bertz CT molecular complexity index is 300. The SMILES string of the molecule is COCCCSc1ccc(CO)cc1C. The highest BCUT2D eigenvalue weighted by Crippen LogP contribution is 2.23. The zero-order valence-electron chi connectivity index (χ0n) is 9.32. The number of hydrogen-bond donors (Lipinski definition) is 1. The third-order valence-corrected chi connectivity index (χ3v) is 3.43. The maximum absolute atomic E-state index is 8.98. The van der Waals surface area contributed by atoms with Crippen LogP contribution in [-0.4, -0.2) is 24.6 Å². The number of methoxy groups -OCH3 is 1. The van der Waals surface area contributed by atoms with Gasteiger partial charge in [0.2, 0.25) is 0 Å². The molecule has 0 aliphatic heterocycles. The van der Waals surface area contributed by atoms with E-state index in [1.165, 1.54) is 10.5 Å². The van der Waals surface area contributed by atoms with Gasteiger partial charge in [-0.3, -0.25) is 0 Å². The van der Waals surface area contributed by atoms with E-state index < -0.39 is 0 Å². The highest BCUT2D eigenvalue weighted by molar-refractivity contribution is 7.99. The number of benzene rings is 1. The minimum absolute atomic E-state index is 0.120. The molecule has 0 unspecified atom stereocenters. The Morgan fingerprint density at radius 3 is 2.80 bits per heavy atom. The van der Waals surface area contributed by atoms with Gasteiger partial charge in [-0.1, -0.05) is 12.1 Å². The van der Waals surface area contributed by atoms with Crippen LogP contribution in [0.25, 0.3) is 0 Å². The van der Waals surface area contributed by atoms with E-state index in [1.54, 1.807) is 7.11 Å². The van der Waals surface area contributed by atoms with E-state index in [0.717, 1.165) is 24.3 Å². The van der Waals surface area contributed by atoms with E-state index in [4.69, 9.17) is 9.84 Å². The van der Waals surface area contributed by atoms with Crippen LogP contribution in [0, 0.1) is 6.92 Å². The predicted molar refractivity (Wildman–Crippen MR) is 64.3 cm³/mol. The maximum atomic E-state index is 8.98. The fourth-order valence-electron chi connectivity index (χ4n) is 1.36. The quantitative estimate of drug-likeness (QED) is 0.597. The molecule has 3 heteroatoms. The first kappa shape index (κ1) is 12.6. The minimum Gasteiger partial charge on any atom is -0.392 e. The molecule has 0 spiro atoms. The number of ether oxygens (including phenoxy) is 1. The smallest absolute Gasteiger partial charge is 0.0681 e. The van der Waals surface area contributed by atoms with E-state index in [9.17, 15) is 0 Å². The Hall–Kier alpha value is -0.510. The summed E-state index contributed by atoms with van der Waals surface area (Å²) in [7, 11) is 1.73. The molecule has 0 radical (unpaired) electrons. The van der Waals surface area contributed by atoms with Crippen LogP contribution in [-0.2, 0) is 11.3 Å². The van der Waals surface area contributed by atoms with E-state index in [2.05, 4.69) is 13.0 Å². The molecule has 0 saturated carbocycles. The standard InChI is InChI=1S/C12H18O2S/c1-10-8-11(9-13)4-5-12(10)15-7-3-6-14-2/h4-5,8,13H,3,6-7,9H2,1-2H3. The Labute approximate surface area is 95.7 Å². The van der Waals surface area contributed by atoms with E-state index >= 15 is 0 Å². The van der Waals surface area contributed by atoms with Crippen LogP contribution in [0.1, 0.15) is 17.5 Å². The van der Waals surface area contributed by atoms with Crippen molar-refractivity contribution < 1.29 is 9.84 Å². The van der Waals surface area contributed by atoms with Crippen LogP contribution in [0.15, 0.2) is 23.1 Å². The molecule has 0 heterocycles. The molecule has 2 nitrogen and oxygen atoms in total. The van der Waals surface area contributed by atoms with E-state index in [1.807, 2.05) is 23.9 Å². The lowest BCUT2D eigenvalue weighted by molar-refractivity contribution is 0.200. The number of rotatable bonds is 6. The van der Waals surface area contributed by atoms with Gasteiger partial charge in [-0.05, 0) is 30.5 Å². The average Bonchev–Trinajstić information content (AvgIpc) is 2.26. The van der Waals surface area contributed by atoms with Gasteiger partial charge < -0.3 is 9.84 Å². The molecule has 1 aromatic rings. The van der Waals surface area contributed by atoms with Gasteiger partial charge in [-0.15, -0.1) is 11.8 Å². The van der Waals surface area contributed by atoms with Crippen molar-refractivity contribution in [1.82, 2.24) is 0 Å². The lowest BCUT2D eigenvalue weighted by Crippen LogP contribution is -1.92. The van der Waals surface area contributed by atoms with Crippen LogP contribution in [0.2, 0.25) is 0 Å². The minimum atomic E-state index is 0.120. The molecule has 0 aromatic heterocycles. The second kappa shape index (κ2) is 6.88. The van der Waals surface area contributed by atoms with Crippen molar-refractivity contribution in [3.8, 4) is 0 Å². The van der Waals surface area contributed by atoms with Crippen molar-refractivity contribution >= 4 is 11.8 Å². The molecule has 1 aromatic carbocycles. The van der Waals surface area contributed by atoms with Crippen LogP contribution >= 0.6 is 11.8 Å². The number of hydrogen-bond acceptors (Lipinski definition) is 3. The molecule has 84 valence electrons. The predicted octanol–water partition coefficient (Wildman–Crippen LogP) is 2.62. The average molecular weight is 226 g/mol. The van der Waals surface area contributed by atoms with Gasteiger partial charge in [0.05, 0.1) is 6.61 Å². The molecule has 0 aliphatic carbocycles. The van der Waals surface area contributed by atoms with Crippen LogP contribution in [0.3, 0.4) is 0 Å². The van der Waals surface area contributed by atoms with Gasteiger partial charge in [-0.25, -0.2) is 0 Å². The molecular formula is C12H18O2S. The summed E-state index contributed by atoms with van der Waals surface area (Å²) < 4.78 is 5.00. The Kier molecular flexibility index (Phi) is 5.76. The van der Waals surface area contributed by atoms with Gasteiger partial charge in [0.1, 0.15) is 0 Å². The monoisotopic (exact) mass is 226 g/mol. The number of aliphatic hydroxyl groups is 1. The first-order chi connectivity index (χ1) is 7.27. The molecule has 0 atom stereocenters. The second-order valence-corrected chi connectivity index (χ2v) is 4.59. The third-order valence-electron chi connectivity index (χ3n) is 2.17. The number of thioether (sulfide) groups is 1. The Morgan fingerprint density at radius 1 is 1.40 bits per heavy atom. The summed E-state index contributed by atoms with van der Waals surface area (Å²) in [5.74, 6) is 1.08. The number of aryl methyl sites for hydroxylation is 1. The fourth-order valence-corrected chi connectivity index (χ4v) is 2.29. The molecule has 0 amide bonds. The van der Waals surface area contributed by atoms with Gasteiger partial charge in [0.25, 0.3) is 0 Å². The molecule has 0 bridgehead atoms. The highest BCUT2D eigenvalue weighted by atomic mass is 32.2. The van der Waals surface area contributed by atoms with Crippen LogP contribution in [0.5, 0.6) is 0 Å². The molecule has 15 heavy (non-hydrogen) atoms. The third kappa shape index (κ3) is 4.24. The Morgan fingerprint density at radius 2 is 2.20 bits per heavy atom. The van der Waals surface area contributed by atoms with E-state index in [-0.39, 0.29) is 6.61 Å². The lowest BCUT2D eigenvalue weighted by Gasteiger charge is -2.06. The molecule has 0 fully saturated rings. The van der Waals surface area contributed by atoms with Crippen molar-refractivity contribution in [1.29, 1.82) is 0 Å². The van der Waals surface area contributed by atoms with Crippen molar-refractivity contribution in [2.75, 3.05) is 19.5 Å². The van der Waals surface area contributed by atoms with Crippen molar-refractivity contribution in [3.05, 3.63) is 29.3 Å². The summed E-state index contributed by atoms with van der Waals surface area (Å²) in [6.07, 6.45) is 1.07. The van der Waals surface area contributed by atoms with Gasteiger partial charge in [-0.2, -0.15) is 0 Å². The summed E-state index contributed by atoms with van der Waals surface area (Å²) in [4.78, 5) is 1.29. The second-order valence-electron chi connectivity index (χ2n) is 3.45. The Balaban J connectivity index is 2.47. The van der Waals surface area contributed by atoms with Crippen molar-refractivity contribution in [2.45, 2.75) is 24.8 Å². The lowest BCUT2D eigenvalue weighted by atomic mass is 10.1. The first-order valence-electron chi connectivity index (χ1n) is 5.10. The summed E-state index contributed by atoms with van der Waals surface area (Å²) >= 11 is 1.84. The summed E-state index contributed by atoms with van der Waals surface area (Å²) in [5.41, 5.74) is 2.22. The van der Waals surface area contributed by atoms with Crippen molar-refractivity contribution in [2.24, 2.45) is 0 Å². The van der Waals surface area contributed by atoms with Crippen LogP contribution < -0.4 is 0 Å². The van der Waals surface area contributed by atoms with Gasteiger partial charge >= 0.3 is 0 Å². The van der Waals surface area contributed by atoms with Crippen molar-refractivity contribution in [3.63, 3.8) is 0 Å². The molecule has 1 N–H and O–H groups in total. The van der Waals surface area contributed by atoms with Crippen LogP contribution in [0.4, 0.5) is 0 Å². The zero-order chi connectivity index (χ0) is 11.1. The summed E-state index contributed by atoms with van der Waals surface area (Å²) in [5, 5.41) is 8.98. The van der Waals surface area contributed by atoms with E-state index in [0.29, 0.717) is 0 Å². The zero-order valence-corrected chi connectivity index (χ0v) is 10.1.